The highest BCUT2D eigenvalue weighted by Crippen LogP contribution is 2.35. The lowest BCUT2D eigenvalue weighted by Gasteiger charge is -2.21. The van der Waals surface area contributed by atoms with Crippen molar-refractivity contribution in [1.29, 1.82) is 0 Å². The number of carbonyl (C=O) groups excluding carboxylic acids is 1. The van der Waals surface area contributed by atoms with Crippen molar-refractivity contribution in [2.75, 3.05) is 15.9 Å². The van der Waals surface area contributed by atoms with Crippen LogP contribution in [0.1, 0.15) is 40.4 Å². The quantitative estimate of drug-likeness (QED) is 0.903. The first-order valence-corrected chi connectivity index (χ1v) is 10.7. The average molecular weight is 370 g/mol. The highest BCUT2D eigenvalue weighted by Gasteiger charge is 2.32. The van der Waals surface area contributed by atoms with Crippen LogP contribution in [0.2, 0.25) is 0 Å². The Hall–Kier alpha value is -2.34. The van der Waals surface area contributed by atoms with Crippen LogP contribution >= 0.6 is 0 Å². The second-order valence-electron chi connectivity index (χ2n) is 7.25. The predicted molar refractivity (Wildman–Crippen MR) is 103 cm³/mol. The Labute approximate surface area is 154 Å². The maximum Gasteiger partial charge on any atom is 0.255 e. The number of rotatable bonds is 3. The van der Waals surface area contributed by atoms with Gasteiger partial charge in [-0.05, 0) is 79.6 Å². The van der Waals surface area contributed by atoms with Crippen LogP contribution in [0, 0.1) is 0 Å². The van der Waals surface area contributed by atoms with E-state index in [-0.39, 0.29) is 11.9 Å². The van der Waals surface area contributed by atoms with Gasteiger partial charge in [-0.3, -0.25) is 9.10 Å². The van der Waals surface area contributed by atoms with Crippen LogP contribution in [0.15, 0.2) is 36.4 Å². The molecule has 5 nitrogen and oxygen atoms in total. The second kappa shape index (κ2) is 6.13. The molecule has 1 aliphatic carbocycles. The molecule has 0 bridgehead atoms. The first-order valence-electron chi connectivity index (χ1n) is 8.88. The molecule has 1 amide bonds. The molecule has 6 heteroatoms. The van der Waals surface area contributed by atoms with E-state index >= 15 is 0 Å². The molecule has 136 valence electrons. The zero-order valence-corrected chi connectivity index (χ0v) is 15.8. The van der Waals surface area contributed by atoms with Gasteiger partial charge < -0.3 is 5.32 Å². The van der Waals surface area contributed by atoms with Crippen molar-refractivity contribution >= 4 is 27.3 Å². The van der Waals surface area contributed by atoms with Crippen LogP contribution in [0.4, 0.5) is 11.4 Å². The number of anilines is 2. The molecule has 2 aromatic carbocycles. The van der Waals surface area contributed by atoms with E-state index < -0.39 is 10.0 Å². The first kappa shape index (κ1) is 17.1. The maximum atomic E-state index is 12.6. The Balaban J connectivity index is 1.58. The summed E-state index contributed by atoms with van der Waals surface area (Å²) in [4.78, 5) is 12.6. The summed E-state index contributed by atoms with van der Waals surface area (Å²) in [6.45, 7) is 1.88. The third-order valence-electron chi connectivity index (χ3n) is 5.21. The minimum Gasteiger partial charge on any atom is -0.322 e. The van der Waals surface area contributed by atoms with Gasteiger partial charge in [0.25, 0.3) is 5.91 Å². The van der Waals surface area contributed by atoms with E-state index in [2.05, 4.69) is 17.4 Å². The highest BCUT2D eigenvalue weighted by molar-refractivity contribution is 7.92. The summed E-state index contributed by atoms with van der Waals surface area (Å²) in [6.07, 6.45) is 5.18. The van der Waals surface area contributed by atoms with Crippen LogP contribution < -0.4 is 9.62 Å². The van der Waals surface area contributed by atoms with Crippen molar-refractivity contribution in [3.8, 4) is 0 Å². The van der Waals surface area contributed by atoms with Crippen LogP contribution in [-0.4, -0.2) is 26.6 Å². The number of nitrogens with zero attached hydrogens (tertiary/aromatic N) is 1. The SMILES string of the molecule is C[C@@H]1Cc2cc(C(=O)Nc3ccc4c(c3)CCC4)ccc2N1S(C)(=O)=O. The Morgan fingerprint density at radius 3 is 2.62 bits per heavy atom. The summed E-state index contributed by atoms with van der Waals surface area (Å²) >= 11 is 0. The molecule has 0 unspecified atom stereocenters. The minimum absolute atomic E-state index is 0.130. The molecule has 2 aliphatic rings. The monoisotopic (exact) mass is 370 g/mol. The topological polar surface area (TPSA) is 66.5 Å². The molecule has 1 N–H and O–H groups in total. The molecule has 0 spiro atoms. The van der Waals surface area contributed by atoms with E-state index in [9.17, 15) is 13.2 Å². The van der Waals surface area contributed by atoms with Crippen molar-refractivity contribution in [3.63, 3.8) is 0 Å². The number of hydrogen-bond donors (Lipinski definition) is 1. The lowest BCUT2D eigenvalue weighted by atomic mass is 10.1. The Kier molecular flexibility index (Phi) is 4.03. The molecule has 1 atom stereocenters. The summed E-state index contributed by atoms with van der Waals surface area (Å²) in [5, 5.41) is 2.96. The number of aryl methyl sites for hydroxylation is 2. The van der Waals surface area contributed by atoms with Gasteiger partial charge in [-0.25, -0.2) is 8.42 Å². The van der Waals surface area contributed by atoms with Gasteiger partial charge in [0.15, 0.2) is 0 Å². The van der Waals surface area contributed by atoms with Gasteiger partial charge in [-0.1, -0.05) is 6.07 Å². The fourth-order valence-electron chi connectivity index (χ4n) is 4.10. The zero-order chi connectivity index (χ0) is 18.5. The van der Waals surface area contributed by atoms with Gasteiger partial charge in [0.1, 0.15) is 0 Å². The number of benzene rings is 2. The normalized spacial score (nSPS) is 18.5. The van der Waals surface area contributed by atoms with Crippen molar-refractivity contribution in [1.82, 2.24) is 0 Å². The summed E-state index contributed by atoms with van der Waals surface area (Å²) in [7, 11) is -3.32. The van der Waals surface area contributed by atoms with Gasteiger partial charge in [0, 0.05) is 17.3 Å². The van der Waals surface area contributed by atoms with E-state index in [1.165, 1.54) is 28.1 Å². The lowest BCUT2D eigenvalue weighted by Crippen LogP contribution is -2.34. The number of carbonyl (C=O) groups is 1. The molecular weight excluding hydrogens is 348 g/mol. The number of hydrogen-bond acceptors (Lipinski definition) is 3. The van der Waals surface area contributed by atoms with Crippen molar-refractivity contribution < 1.29 is 13.2 Å². The van der Waals surface area contributed by atoms with Gasteiger partial charge >= 0.3 is 0 Å². The average Bonchev–Trinajstić information content (AvgIpc) is 3.15. The van der Waals surface area contributed by atoms with E-state index in [4.69, 9.17) is 0 Å². The molecule has 0 saturated carbocycles. The molecule has 26 heavy (non-hydrogen) atoms. The Morgan fingerprint density at radius 2 is 1.85 bits per heavy atom. The Bertz CT molecular complexity index is 998. The van der Waals surface area contributed by atoms with E-state index in [0.29, 0.717) is 17.7 Å². The van der Waals surface area contributed by atoms with E-state index in [0.717, 1.165) is 24.1 Å². The minimum atomic E-state index is -3.32. The Morgan fingerprint density at radius 1 is 1.08 bits per heavy atom. The molecule has 2 aromatic rings. The third-order valence-corrected chi connectivity index (χ3v) is 6.48. The third kappa shape index (κ3) is 2.98. The largest absolute Gasteiger partial charge is 0.322 e. The smallest absolute Gasteiger partial charge is 0.255 e. The number of nitrogens with one attached hydrogen (secondary N) is 1. The molecule has 4 rings (SSSR count). The summed E-state index contributed by atoms with van der Waals surface area (Å²) < 4.78 is 25.4. The number of amides is 1. The summed E-state index contributed by atoms with van der Waals surface area (Å²) in [5.74, 6) is -0.170. The molecule has 1 aliphatic heterocycles. The van der Waals surface area contributed by atoms with Gasteiger partial charge in [0.2, 0.25) is 10.0 Å². The standard InChI is InChI=1S/C20H22N2O3S/c1-13-10-17-11-16(7-9-19(17)22(13)26(2,24)25)20(23)21-18-8-6-14-4-3-5-15(14)12-18/h6-9,11-13H,3-5,10H2,1-2H3,(H,21,23)/t13-/m1/s1. The summed E-state index contributed by atoms with van der Waals surface area (Å²) in [5.41, 5.74) is 5.61. The van der Waals surface area contributed by atoms with Crippen LogP contribution in [0.5, 0.6) is 0 Å². The molecule has 0 fully saturated rings. The van der Waals surface area contributed by atoms with E-state index in [1.807, 2.05) is 13.0 Å². The maximum absolute atomic E-state index is 12.6. The molecular formula is C20H22N2O3S. The number of sulfonamides is 1. The second-order valence-corrected chi connectivity index (χ2v) is 9.11. The van der Waals surface area contributed by atoms with Crippen molar-refractivity contribution in [2.45, 2.75) is 38.6 Å². The van der Waals surface area contributed by atoms with Gasteiger partial charge in [-0.15, -0.1) is 0 Å². The molecule has 1 heterocycles. The molecule has 0 radical (unpaired) electrons. The van der Waals surface area contributed by atoms with Crippen LogP contribution in [-0.2, 0) is 29.3 Å². The van der Waals surface area contributed by atoms with Crippen molar-refractivity contribution in [2.24, 2.45) is 0 Å². The fraction of sp³-hybridized carbons (Fsp3) is 0.350. The first-order chi connectivity index (χ1) is 12.3. The zero-order valence-electron chi connectivity index (χ0n) is 15.0. The van der Waals surface area contributed by atoms with Gasteiger partial charge in [0.05, 0.1) is 11.9 Å². The van der Waals surface area contributed by atoms with Crippen molar-refractivity contribution in [3.05, 3.63) is 58.7 Å². The fourth-order valence-corrected chi connectivity index (χ4v) is 5.37. The lowest BCUT2D eigenvalue weighted by molar-refractivity contribution is 0.102. The summed E-state index contributed by atoms with van der Waals surface area (Å²) in [6, 6.07) is 11.2. The molecule has 0 aromatic heterocycles. The van der Waals surface area contributed by atoms with E-state index in [1.54, 1.807) is 18.2 Å². The van der Waals surface area contributed by atoms with Crippen LogP contribution in [0.25, 0.3) is 0 Å². The van der Waals surface area contributed by atoms with Gasteiger partial charge in [-0.2, -0.15) is 0 Å². The molecule has 0 saturated heterocycles. The number of fused-ring (bicyclic) bond motifs is 2. The predicted octanol–water partition coefficient (Wildman–Crippen LogP) is 3.14. The highest BCUT2D eigenvalue weighted by atomic mass is 32.2. The van der Waals surface area contributed by atoms with Crippen LogP contribution in [0.3, 0.4) is 0 Å².